The van der Waals surface area contributed by atoms with E-state index in [4.69, 9.17) is 11.0 Å². The molecule has 0 bridgehead atoms. The minimum absolute atomic E-state index is 0.374. The van der Waals surface area contributed by atoms with Crippen molar-refractivity contribution in [3.63, 3.8) is 0 Å². The van der Waals surface area contributed by atoms with Crippen molar-refractivity contribution in [2.75, 3.05) is 11.4 Å². The highest BCUT2D eigenvalue weighted by Crippen LogP contribution is 2.27. The second-order valence-corrected chi connectivity index (χ2v) is 4.59. The molecule has 1 fully saturated rings. The second-order valence-electron chi connectivity index (χ2n) is 4.59. The molecule has 0 amide bonds. The molecule has 2 atom stereocenters. The molecule has 0 saturated carbocycles. The van der Waals surface area contributed by atoms with Gasteiger partial charge in [-0.2, -0.15) is 5.26 Å². The van der Waals surface area contributed by atoms with Crippen LogP contribution in [0.4, 0.5) is 5.82 Å². The third kappa shape index (κ3) is 2.40. The van der Waals surface area contributed by atoms with E-state index in [0.29, 0.717) is 24.2 Å². The van der Waals surface area contributed by atoms with Crippen molar-refractivity contribution >= 4 is 5.82 Å². The van der Waals surface area contributed by atoms with E-state index in [1.807, 2.05) is 12.1 Å². The summed E-state index contributed by atoms with van der Waals surface area (Å²) in [6, 6.07) is 6.67. The molecule has 4 heteroatoms. The number of pyridine rings is 1. The molecule has 0 radical (unpaired) electrons. The first-order valence-corrected chi connectivity index (χ1v) is 6.11. The highest BCUT2D eigenvalue weighted by molar-refractivity contribution is 5.44. The molecule has 1 aromatic rings. The Bertz CT molecular complexity index is 406. The summed E-state index contributed by atoms with van der Waals surface area (Å²) in [5, 5.41) is 8.77. The number of nitriles is 1. The summed E-state index contributed by atoms with van der Waals surface area (Å²) in [6.07, 6.45) is 5.17. The van der Waals surface area contributed by atoms with E-state index >= 15 is 0 Å². The van der Waals surface area contributed by atoms with Crippen molar-refractivity contribution in [2.24, 2.45) is 5.73 Å². The highest BCUT2D eigenvalue weighted by atomic mass is 15.2. The molecule has 1 aliphatic rings. The van der Waals surface area contributed by atoms with E-state index in [1.54, 1.807) is 6.20 Å². The van der Waals surface area contributed by atoms with E-state index in [9.17, 15) is 0 Å². The Balaban J connectivity index is 2.25. The van der Waals surface area contributed by atoms with Gasteiger partial charge in [0.2, 0.25) is 0 Å². The lowest BCUT2D eigenvalue weighted by molar-refractivity contribution is 0.398. The average molecular weight is 230 g/mol. The normalized spacial score (nSPS) is 24.4. The van der Waals surface area contributed by atoms with E-state index in [1.165, 1.54) is 12.8 Å². The Labute approximate surface area is 102 Å². The van der Waals surface area contributed by atoms with Crippen molar-refractivity contribution in [1.82, 2.24) is 4.98 Å². The lowest BCUT2D eigenvalue weighted by Gasteiger charge is -2.41. The first kappa shape index (κ1) is 11.9. The minimum atomic E-state index is 0.374. The fraction of sp³-hybridized carbons (Fsp3) is 0.538. The molecule has 90 valence electrons. The summed E-state index contributed by atoms with van der Waals surface area (Å²) in [5.74, 6) is 0.937. The maximum Gasteiger partial charge on any atom is 0.129 e. The van der Waals surface area contributed by atoms with Gasteiger partial charge in [0, 0.05) is 24.8 Å². The average Bonchev–Trinajstić information content (AvgIpc) is 2.38. The van der Waals surface area contributed by atoms with Gasteiger partial charge >= 0.3 is 0 Å². The Morgan fingerprint density at radius 1 is 1.53 bits per heavy atom. The van der Waals surface area contributed by atoms with Crippen LogP contribution in [0.5, 0.6) is 0 Å². The van der Waals surface area contributed by atoms with E-state index in [0.717, 1.165) is 12.2 Å². The van der Waals surface area contributed by atoms with Crippen molar-refractivity contribution < 1.29 is 0 Å². The van der Waals surface area contributed by atoms with Crippen LogP contribution in [0.15, 0.2) is 18.3 Å². The Kier molecular flexibility index (Phi) is 3.60. The summed E-state index contributed by atoms with van der Waals surface area (Å²) < 4.78 is 0. The van der Waals surface area contributed by atoms with Crippen LogP contribution >= 0.6 is 0 Å². The maximum absolute atomic E-state index is 8.77. The standard InChI is InChI=1S/C13H18N4/c1-10-3-2-4-12(8-15)17(10)13-6-5-11(7-14)9-16-13/h5-6,9-10,12H,2-4,8,15H2,1H3. The van der Waals surface area contributed by atoms with Gasteiger partial charge < -0.3 is 10.6 Å². The van der Waals surface area contributed by atoms with Gasteiger partial charge in [-0.05, 0) is 38.3 Å². The van der Waals surface area contributed by atoms with Gasteiger partial charge in [-0.15, -0.1) is 0 Å². The molecular formula is C13H18N4. The molecule has 2 heterocycles. The van der Waals surface area contributed by atoms with Crippen LogP contribution < -0.4 is 10.6 Å². The molecule has 2 N–H and O–H groups in total. The van der Waals surface area contributed by atoms with Crippen LogP contribution in [0.25, 0.3) is 0 Å². The van der Waals surface area contributed by atoms with Crippen molar-refractivity contribution in [3.8, 4) is 6.07 Å². The maximum atomic E-state index is 8.77. The van der Waals surface area contributed by atoms with E-state index in [-0.39, 0.29) is 0 Å². The molecule has 2 unspecified atom stereocenters. The molecular weight excluding hydrogens is 212 g/mol. The summed E-state index contributed by atoms with van der Waals surface area (Å²) in [5.41, 5.74) is 6.43. The molecule has 1 saturated heterocycles. The molecule has 4 nitrogen and oxygen atoms in total. The zero-order chi connectivity index (χ0) is 12.3. The number of hydrogen-bond donors (Lipinski definition) is 1. The van der Waals surface area contributed by atoms with Gasteiger partial charge in [0.15, 0.2) is 0 Å². The fourth-order valence-electron chi connectivity index (χ4n) is 2.54. The predicted molar refractivity (Wildman–Crippen MR) is 67.6 cm³/mol. The number of hydrogen-bond acceptors (Lipinski definition) is 4. The number of nitrogens with zero attached hydrogens (tertiary/aromatic N) is 3. The Morgan fingerprint density at radius 3 is 2.94 bits per heavy atom. The summed E-state index contributed by atoms with van der Waals surface area (Å²) in [7, 11) is 0. The molecule has 0 spiro atoms. The molecule has 1 aromatic heterocycles. The van der Waals surface area contributed by atoms with Crippen molar-refractivity contribution in [2.45, 2.75) is 38.3 Å². The number of rotatable bonds is 2. The molecule has 0 aliphatic carbocycles. The summed E-state index contributed by atoms with van der Waals surface area (Å²) in [4.78, 5) is 6.67. The van der Waals surface area contributed by atoms with Crippen LogP contribution in [0.1, 0.15) is 31.7 Å². The van der Waals surface area contributed by atoms with Gasteiger partial charge in [-0.25, -0.2) is 4.98 Å². The van der Waals surface area contributed by atoms with Crippen molar-refractivity contribution in [1.29, 1.82) is 5.26 Å². The van der Waals surface area contributed by atoms with Crippen LogP contribution in [-0.2, 0) is 0 Å². The quantitative estimate of drug-likeness (QED) is 0.839. The SMILES string of the molecule is CC1CCCC(CN)N1c1ccc(C#N)cn1. The summed E-state index contributed by atoms with van der Waals surface area (Å²) in [6.45, 7) is 2.87. The van der Waals surface area contributed by atoms with Gasteiger partial charge in [-0.1, -0.05) is 0 Å². The van der Waals surface area contributed by atoms with Crippen LogP contribution in [0.2, 0.25) is 0 Å². The summed E-state index contributed by atoms with van der Waals surface area (Å²) >= 11 is 0. The topological polar surface area (TPSA) is 65.9 Å². The zero-order valence-electron chi connectivity index (χ0n) is 10.1. The molecule has 0 aromatic carbocycles. The molecule has 2 rings (SSSR count). The predicted octanol–water partition coefficient (Wildman–Crippen LogP) is 1.66. The number of aromatic nitrogens is 1. The van der Waals surface area contributed by atoms with Crippen LogP contribution in [0, 0.1) is 11.3 Å². The molecule has 1 aliphatic heterocycles. The van der Waals surface area contributed by atoms with Gasteiger partial charge in [-0.3, -0.25) is 0 Å². The second kappa shape index (κ2) is 5.15. The van der Waals surface area contributed by atoms with E-state index < -0.39 is 0 Å². The fourth-order valence-corrected chi connectivity index (χ4v) is 2.54. The Hall–Kier alpha value is -1.60. The largest absolute Gasteiger partial charge is 0.350 e. The highest BCUT2D eigenvalue weighted by Gasteiger charge is 2.27. The number of anilines is 1. The Morgan fingerprint density at radius 2 is 2.35 bits per heavy atom. The van der Waals surface area contributed by atoms with Gasteiger partial charge in [0.1, 0.15) is 11.9 Å². The third-order valence-corrected chi connectivity index (χ3v) is 3.44. The van der Waals surface area contributed by atoms with Gasteiger partial charge in [0.05, 0.1) is 5.56 Å². The number of piperidine rings is 1. The van der Waals surface area contributed by atoms with E-state index in [2.05, 4.69) is 22.9 Å². The molecule has 17 heavy (non-hydrogen) atoms. The lowest BCUT2D eigenvalue weighted by Crippen LogP contribution is -2.49. The lowest BCUT2D eigenvalue weighted by atomic mass is 9.96. The minimum Gasteiger partial charge on any atom is -0.350 e. The first-order valence-electron chi connectivity index (χ1n) is 6.11. The third-order valence-electron chi connectivity index (χ3n) is 3.44. The number of nitrogens with two attached hydrogens (primary N) is 1. The smallest absolute Gasteiger partial charge is 0.129 e. The zero-order valence-corrected chi connectivity index (χ0v) is 10.1. The van der Waals surface area contributed by atoms with Crippen LogP contribution in [-0.4, -0.2) is 23.6 Å². The van der Waals surface area contributed by atoms with Gasteiger partial charge in [0.25, 0.3) is 0 Å². The van der Waals surface area contributed by atoms with Crippen molar-refractivity contribution in [3.05, 3.63) is 23.9 Å². The first-order chi connectivity index (χ1) is 8.26. The monoisotopic (exact) mass is 230 g/mol. The van der Waals surface area contributed by atoms with Crippen LogP contribution in [0.3, 0.4) is 0 Å².